The van der Waals surface area contributed by atoms with Gasteiger partial charge in [-0.25, -0.2) is 4.39 Å². The van der Waals surface area contributed by atoms with Crippen LogP contribution in [0.15, 0.2) is 36.4 Å². The first kappa shape index (κ1) is 18.1. The lowest BCUT2D eigenvalue weighted by molar-refractivity contribution is 0.0955. The van der Waals surface area contributed by atoms with Crippen LogP contribution in [0.1, 0.15) is 22.8 Å². The molecule has 0 saturated heterocycles. The van der Waals surface area contributed by atoms with Crippen molar-refractivity contribution in [1.82, 2.24) is 15.3 Å². The molecule has 0 spiro atoms. The van der Waals surface area contributed by atoms with Crippen molar-refractivity contribution < 1.29 is 9.18 Å². The molecule has 0 aliphatic carbocycles. The van der Waals surface area contributed by atoms with E-state index in [1.54, 1.807) is 0 Å². The number of nitrogens with one attached hydrogen (secondary N) is 3. The standard InChI is InChI=1S/C19H21FN4OS/c1-3-24(16-7-5-4-6-12(16)2)9-8-21-18(25)14-10-13(20)11-15-17(14)23-19(26)22-15/h4-7,10-11H,3,8-9H2,1-2H3,(H,21,25)(H2,22,23,26). The van der Waals surface area contributed by atoms with E-state index in [9.17, 15) is 9.18 Å². The number of aromatic nitrogens is 2. The van der Waals surface area contributed by atoms with Crippen LogP contribution in [0.5, 0.6) is 0 Å². The fourth-order valence-corrected chi connectivity index (χ4v) is 3.27. The van der Waals surface area contributed by atoms with Crippen molar-refractivity contribution in [2.75, 3.05) is 24.5 Å². The number of carbonyl (C=O) groups is 1. The number of carbonyl (C=O) groups excluding carboxylic acids is 1. The maximum Gasteiger partial charge on any atom is 0.253 e. The summed E-state index contributed by atoms with van der Waals surface area (Å²) in [5.74, 6) is -0.816. The summed E-state index contributed by atoms with van der Waals surface area (Å²) in [6, 6.07) is 10.7. The van der Waals surface area contributed by atoms with Gasteiger partial charge in [-0.05, 0) is 49.8 Å². The summed E-state index contributed by atoms with van der Waals surface area (Å²) in [6.07, 6.45) is 0. The van der Waals surface area contributed by atoms with Gasteiger partial charge in [0.25, 0.3) is 5.91 Å². The fourth-order valence-electron chi connectivity index (χ4n) is 3.05. The quantitative estimate of drug-likeness (QED) is 0.575. The molecule has 0 bridgehead atoms. The molecule has 26 heavy (non-hydrogen) atoms. The van der Waals surface area contributed by atoms with E-state index in [0.717, 1.165) is 12.2 Å². The van der Waals surface area contributed by atoms with Crippen molar-refractivity contribution in [3.63, 3.8) is 0 Å². The number of halogens is 1. The summed E-state index contributed by atoms with van der Waals surface area (Å²) in [7, 11) is 0. The van der Waals surface area contributed by atoms with Crippen LogP contribution < -0.4 is 10.2 Å². The summed E-state index contributed by atoms with van der Waals surface area (Å²) in [4.78, 5) is 20.5. The maximum absolute atomic E-state index is 13.8. The van der Waals surface area contributed by atoms with Gasteiger partial charge in [0.15, 0.2) is 4.77 Å². The Labute approximate surface area is 156 Å². The summed E-state index contributed by atoms with van der Waals surface area (Å²) < 4.78 is 14.1. The molecular formula is C19H21FN4OS. The number of hydrogen-bond donors (Lipinski definition) is 3. The number of anilines is 1. The number of nitrogens with zero attached hydrogens (tertiary/aromatic N) is 1. The Bertz CT molecular complexity index is 995. The van der Waals surface area contributed by atoms with Gasteiger partial charge in [-0.2, -0.15) is 0 Å². The predicted octanol–water partition coefficient (Wildman–Crippen LogP) is 3.93. The number of aryl methyl sites for hydroxylation is 1. The second-order valence-corrected chi connectivity index (χ2v) is 6.49. The molecule has 1 amide bonds. The lowest BCUT2D eigenvalue weighted by Crippen LogP contribution is -2.35. The molecule has 0 aliphatic heterocycles. The Hall–Kier alpha value is -2.67. The van der Waals surface area contributed by atoms with Crippen molar-refractivity contribution in [1.29, 1.82) is 0 Å². The summed E-state index contributed by atoms with van der Waals surface area (Å²) in [6.45, 7) is 6.08. The number of fused-ring (bicyclic) bond motifs is 1. The van der Waals surface area contributed by atoms with Gasteiger partial charge >= 0.3 is 0 Å². The maximum atomic E-state index is 13.8. The lowest BCUT2D eigenvalue weighted by Gasteiger charge is -2.25. The zero-order valence-corrected chi connectivity index (χ0v) is 15.5. The largest absolute Gasteiger partial charge is 0.370 e. The molecule has 0 aliphatic rings. The monoisotopic (exact) mass is 372 g/mol. The van der Waals surface area contributed by atoms with Crippen LogP contribution in [-0.4, -0.2) is 35.5 Å². The topological polar surface area (TPSA) is 63.9 Å². The number of hydrogen-bond acceptors (Lipinski definition) is 3. The first-order valence-electron chi connectivity index (χ1n) is 8.50. The third-order valence-corrected chi connectivity index (χ3v) is 4.54. The zero-order valence-electron chi connectivity index (χ0n) is 14.7. The zero-order chi connectivity index (χ0) is 18.7. The summed E-state index contributed by atoms with van der Waals surface area (Å²) in [5, 5.41) is 2.87. The highest BCUT2D eigenvalue weighted by atomic mass is 32.1. The van der Waals surface area contributed by atoms with Crippen molar-refractivity contribution in [2.24, 2.45) is 0 Å². The minimum absolute atomic E-state index is 0.242. The third-order valence-electron chi connectivity index (χ3n) is 4.34. The number of H-pyrrole nitrogens is 2. The van der Waals surface area contributed by atoms with Gasteiger partial charge in [-0.3, -0.25) is 4.79 Å². The number of likely N-dealkylation sites (N-methyl/N-ethyl adjacent to an activating group) is 1. The molecule has 136 valence electrons. The molecule has 5 nitrogen and oxygen atoms in total. The van der Waals surface area contributed by atoms with E-state index in [4.69, 9.17) is 12.2 Å². The molecule has 3 rings (SSSR count). The van der Waals surface area contributed by atoms with E-state index in [1.807, 2.05) is 12.1 Å². The second-order valence-electron chi connectivity index (χ2n) is 6.08. The predicted molar refractivity (Wildman–Crippen MR) is 105 cm³/mol. The van der Waals surface area contributed by atoms with Gasteiger partial charge in [0.1, 0.15) is 5.82 Å². The van der Waals surface area contributed by atoms with Gasteiger partial charge in [-0.15, -0.1) is 0 Å². The number of rotatable bonds is 6. The Kier molecular flexibility index (Phi) is 5.37. The first-order valence-corrected chi connectivity index (χ1v) is 8.90. The van der Waals surface area contributed by atoms with Crippen LogP contribution in [-0.2, 0) is 0 Å². The number of amides is 1. The molecule has 7 heteroatoms. The van der Waals surface area contributed by atoms with E-state index >= 15 is 0 Å². The molecule has 1 aromatic heterocycles. The van der Waals surface area contributed by atoms with E-state index in [0.29, 0.717) is 28.9 Å². The average molecular weight is 372 g/mol. The average Bonchev–Trinajstić information content (AvgIpc) is 2.98. The van der Waals surface area contributed by atoms with Crippen molar-refractivity contribution in [3.8, 4) is 0 Å². The SMILES string of the molecule is CCN(CCNC(=O)c1cc(F)cc2[nH]c(=S)[nH]c12)c1ccccc1C. The minimum Gasteiger partial charge on any atom is -0.370 e. The van der Waals surface area contributed by atoms with Crippen LogP contribution >= 0.6 is 12.2 Å². The molecule has 3 aromatic rings. The van der Waals surface area contributed by atoms with Crippen molar-refractivity contribution in [2.45, 2.75) is 13.8 Å². The number of aromatic amines is 2. The van der Waals surface area contributed by atoms with E-state index < -0.39 is 5.82 Å². The minimum atomic E-state index is -0.483. The van der Waals surface area contributed by atoms with Gasteiger partial charge in [0.05, 0.1) is 16.6 Å². The smallest absolute Gasteiger partial charge is 0.253 e. The van der Waals surface area contributed by atoms with Crippen LogP contribution in [0.25, 0.3) is 11.0 Å². The van der Waals surface area contributed by atoms with Crippen LogP contribution in [0.4, 0.5) is 10.1 Å². The Morgan fingerprint density at radius 2 is 2.04 bits per heavy atom. The van der Waals surface area contributed by atoms with Crippen LogP contribution in [0.2, 0.25) is 0 Å². The summed E-state index contributed by atoms with van der Waals surface area (Å²) >= 11 is 5.03. The Morgan fingerprint density at radius 3 is 2.77 bits per heavy atom. The molecule has 2 aromatic carbocycles. The van der Waals surface area contributed by atoms with Gasteiger partial charge in [0, 0.05) is 25.3 Å². The normalized spacial score (nSPS) is 10.9. The Balaban J connectivity index is 1.71. The molecule has 0 atom stereocenters. The van der Waals surface area contributed by atoms with E-state index in [2.05, 4.69) is 46.2 Å². The number of benzene rings is 2. The molecule has 0 saturated carbocycles. The van der Waals surface area contributed by atoms with Crippen molar-refractivity contribution >= 4 is 34.8 Å². The van der Waals surface area contributed by atoms with E-state index in [1.165, 1.54) is 17.7 Å². The molecule has 0 fully saturated rings. The van der Waals surface area contributed by atoms with Gasteiger partial charge in [0.2, 0.25) is 0 Å². The molecule has 3 N–H and O–H groups in total. The second kappa shape index (κ2) is 7.70. The van der Waals surface area contributed by atoms with Crippen LogP contribution in [0, 0.1) is 17.5 Å². The number of imidazole rings is 1. The molecular weight excluding hydrogens is 351 g/mol. The van der Waals surface area contributed by atoms with Crippen molar-refractivity contribution in [3.05, 3.63) is 58.1 Å². The molecule has 0 radical (unpaired) electrons. The van der Waals surface area contributed by atoms with E-state index in [-0.39, 0.29) is 11.5 Å². The highest BCUT2D eigenvalue weighted by Crippen LogP contribution is 2.19. The van der Waals surface area contributed by atoms with Crippen LogP contribution in [0.3, 0.4) is 0 Å². The Morgan fingerprint density at radius 1 is 1.27 bits per heavy atom. The van der Waals surface area contributed by atoms with Gasteiger partial charge in [-0.1, -0.05) is 18.2 Å². The molecule has 0 unspecified atom stereocenters. The fraction of sp³-hybridized carbons (Fsp3) is 0.263. The highest BCUT2D eigenvalue weighted by Gasteiger charge is 2.14. The third kappa shape index (κ3) is 3.77. The highest BCUT2D eigenvalue weighted by molar-refractivity contribution is 7.71. The summed E-state index contributed by atoms with van der Waals surface area (Å²) in [5.41, 5.74) is 3.57. The van der Waals surface area contributed by atoms with Gasteiger partial charge < -0.3 is 20.2 Å². The first-order chi connectivity index (χ1) is 12.5. The molecule has 1 heterocycles. The lowest BCUT2D eigenvalue weighted by atomic mass is 10.1. The number of para-hydroxylation sites is 1.